The van der Waals surface area contributed by atoms with Crippen LogP contribution in [0.15, 0.2) is 12.1 Å². The minimum absolute atomic E-state index is 0.535. The van der Waals surface area contributed by atoms with E-state index >= 15 is 0 Å². The monoisotopic (exact) mass is 254 g/mol. The van der Waals surface area contributed by atoms with E-state index in [-0.39, 0.29) is 0 Å². The lowest BCUT2D eigenvalue weighted by Crippen LogP contribution is -2.31. The van der Waals surface area contributed by atoms with Crippen LogP contribution in [0.25, 0.3) is 0 Å². The van der Waals surface area contributed by atoms with E-state index in [9.17, 15) is 0 Å². The predicted octanol–water partition coefficient (Wildman–Crippen LogP) is 1.45. The first kappa shape index (κ1) is 12.6. The lowest BCUT2D eigenvalue weighted by molar-refractivity contribution is 0.263. The third-order valence-corrected chi connectivity index (χ3v) is 3.64. The van der Waals surface area contributed by atoms with E-state index in [4.69, 9.17) is 17.3 Å². The van der Waals surface area contributed by atoms with Gasteiger partial charge in [0.05, 0.1) is 10.7 Å². The lowest BCUT2D eigenvalue weighted by Gasteiger charge is -2.20. The average Bonchev–Trinajstić information content (AvgIpc) is 2.72. The molecular weight excluding hydrogens is 236 g/mol. The Hall–Kier alpha value is -0.840. The Balaban J connectivity index is 2.00. The second-order valence-electron chi connectivity index (χ2n) is 4.81. The van der Waals surface area contributed by atoms with Crippen molar-refractivity contribution < 1.29 is 0 Å². The molecule has 2 rings (SSSR count). The molecule has 0 amide bonds. The third-order valence-electron chi connectivity index (χ3n) is 3.29. The Bertz CT molecular complexity index is 394. The van der Waals surface area contributed by atoms with Crippen LogP contribution in [0.4, 0.5) is 5.82 Å². The molecule has 1 fully saturated rings. The SMILES string of the molecule is CN(C)C1CCN(Cc2nc(N)ccc2Cl)C1. The van der Waals surface area contributed by atoms with Gasteiger partial charge in [0.1, 0.15) is 5.82 Å². The van der Waals surface area contributed by atoms with E-state index < -0.39 is 0 Å². The van der Waals surface area contributed by atoms with Crippen molar-refractivity contribution in [3.05, 3.63) is 22.8 Å². The lowest BCUT2D eigenvalue weighted by atomic mass is 10.2. The second kappa shape index (κ2) is 5.21. The van der Waals surface area contributed by atoms with Crippen LogP contribution < -0.4 is 5.73 Å². The molecule has 0 spiro atoms. The molecule has 1 aliphatic heterocycles. The number of halogens is 1. The number of rotatable bonds is 3. The van der Waals surface area contributed by atoms with Crippen LogP contribution in [0, 0.1) is 0 Å². The minimum atomic E-state index is 0.535. The van der Waals surface area contributed by atoms with Crippen molar-refractivity contribution >= 4 is 17.4 Å². The molecule has 5 heteroatoms. The number of likely N-dealkylation sites (tertiary alicyclic amines) is 1. The second-order valence-corrected chi connectivity index (χ2v) is 5.21. The van der Waals surface area contributed by atoms with Crippen LogP contribution in [0.1, 0.15) is 12.1 Å². The summed E-state index contributed by atoms with van der Waals surface area (Å²) in [6.45, 7) is 2.95. The first-order valence-corrected chi connectivity index (χ1v) is 6.23. The predicted molar refractivity (Wildman–Crippen MR) is 71.0 cm³/mol. The summed E-state index contributed by atoms with van der Waals surface area (Å²) in [6.07, 6.45) is 1.20. The summed E-state index contributed by atoms with van der Waals surface area (Å²) < 4.78 is 0. The molecule has 1 atom stereocenters. The maximum absolute atomic E-state index is 6.12. The molecule has 1 aromatic heterocycles. The highest BCUT2D eigenvalue weighted by molar-refractivity contribution is 6.31. The van der Waals surface area contributed by atoms with Gasteiger partial charge in [-0.05, 0) is 32.6 Å². The van der Waals surface area contributed by atoms with Crippen molar-refractivity contribution in [2.45, 2.75) is 19.0 Å². The molecule has 1 aliphatic rings. The zero-order valence-electron chi connectivity index (χ0n) is 10.4. The maximum Gasteiger partial charge on any atom is 0.123 e. The molecule has 1 aromatic rings. The highest BCUT2D eigenvalue weighted by atomic mass is 35.5. The smallest absolute Gasteiger partial charge is 0.123 e. The van der Waals surface area contributed by atoms with E-state index in [1.165, 1.54) is 6.42 Å². The average molecular weight is 255 g/mol. The van der Waals surface area contributed by atoms with Gasteiger partial charge in [-0.2, -0.15) is 0 Å². The van der Waals surface area contributed by atoms with Gasteiger partial charge in [-0.15, -0.1) is 0 Å². The number of likely N-dealkylation sites (N-methyl/N-ethyl adjacent to an activating group) is 1. The summed E-state index contributed by atoms with van der Waals surface area (Å²) in [4.78, 5) is 8.94. The molecule has 0 radical (unpaired) electrons. The highest BCUT2D eigenvalue weighted by Crippen LogP contribution is 2.20. The number of hydrogen-bond acceptors (Lipinski definition) is 4. The molecular formula is C12H19ClN4. The van der Waals surface area contributed by atoms with Gasteiger partial charge in [-0.3, -0.25) is 4.90 Å². The van der Waals surface area contributed by atoms with Crippen LogP contribution in [0.5, 0.6) is 0 Å². The number of hydrogen-bond donors (Lipinski definition) is 1. The van der Waals surface area contributed by atoms with Crippen LogP contribution >= 0.6 is 11.6 Å². The molecule has 0 aliphatic carbocycles. The van der Waals surface area contributed by atoms with Crippen molar-refractivity contribution in [2.24, 2.45) is 0 Å². The summed E-state index contributed by atoms with van der Waals surface area (Å²) in [5, 5.41) is 0.701. The van der Waals surface area contributed by atoms with E-state index in [2.05, 4.69) is 28.9 Å². The zero-order chi connectivity index (χ0) is 12.4. The summed E-state index contributed by atoms with van der Waals surface area (Å²) in [7, 11) is 4.25. The summed E-state index contributed by atoms with van der Waals surface area (Å²) in [5.74, 6) is 0.535. The summed E-state index contributed by atoms with van der Waals surface area (Å²) >= 11 is 6.12. The first-order chi connectivity index (χ1) is 8.06. The Morgan fingerprint density at radius 2 is 2.29 bits per heavy atom. The topological polar surface area (TPSA) is 45.4 Å². The molecule has 17 heavy (non-hydrogen) atoms. The van der Waals surface area contributed by atoms with Crippen molar-refractivity contribution in [3.63, 3.8) is 0 Å². The van der Waals surface area contributed by atoms with Gasteiger partial charge in [0.15, 0.2) is 0 Å². The summed E-state index contributed by atoms with van der Waals surface area (Å²) in [5.41, 5.74) is 6.56. The molecule has 1 unspecified atom stereocenters. The quantitative estimate of drug-likeness (QED) is 0.887. The molecule has 0 aromatic carbocycles. The third kappa shape index (κ3) is 3.09. The van der Waals surface area contributed by atoms with Crippen molar-refractivity contribution in [1.82, 2.24) is 14.8 Å². The molecule has 1 saturated heterocycles. The van der Waals surface area contributed by atoms with Gasteiger partial charge in [-0.25, -0.2) is 4.98 Å². The fourth-order valence-electron chi connectivity index (χ4n) is 2.20. The number of aromatic nitrogens is 1. The highest BCUT2D eigenvalue weighted by Gasteiger charge is 2.24. The van der Waals surface area contributed by atoms with Gasteiger partial charge in [0, 0.05) is 25.7 Å². The Morgan fingerprint density at radius 3 is 2.94 bits per heavy atom. The molecule has 4 nitrogen and oxygen atoms in total. The van der Waals surface area contributed by atoms with E-state index in [0.29, 0.717) is 16.9 Å². The van der Waals surface area contributed by atoms with Crippen LogP contribution in [0.2, 0.25) is 5.02 Å². The van der Waals surface area contributed by atoms with Crippen molar-refractivity contribution in [3.8, 4) is 0 Å². The maximum atomic E-state index is 6.12. The molecule has 2 heterocycles. The molecule has 0 saturated carbocycles. The standard InChI is InChI=1S/C12H19ClN4/c1-16(2)9-5-6-17(7-9)8-11-10(13)3-4-12(14)15-11/h3-4,9H,5-8H2,1-2H3,(H2,14,15). The minimum Gasteiger partial charge on any atom is -0.384 e. The molecule has 2 N–H and O–H groups in total. The molecule has 94 valence electrons. The van der Waals surface area contributed by atoms with Gasteiger partial charge >= 0.3 is 0 Å². The number of nitrogen functional groups attached to an aromatic ring is 1. The van der Waals surface area contributed by atoms with Crippen molar-refractivity contribution in [1.29, 1.82) is 0 Å². The van der Waals surface area contributed by atoms with Crippen LogP contribution in [-0.4, -0.2) is 48.0 Å². The van der Waals surface area contributed by atoms with Gasteiger partial charge in [0.25, 0.3) is 0 Å². The van der Waals surface area contributed by atoms with E-state index in [1.807, 2.05) is 6.07 Å². The Kier molecular flexibility index (Phi) is 3.86. The Labute approximate surface area is 107 Å². The molecule has 0 bridgehead atoms. The summed E-state index contributed by atoms with van der Waals surface area (Å²) in [6, 6.07) is 4.19. The zero-order valence-corrected chi connectivity index (χ0v) is 11.1. The number of pyridine rings is 1. The number of anilines is 1. The van der Waals surface area contributed by atoms with Crippen LogP contribution in [-0.2, 0) is 6.54 Å². The number of nitrogens with two attached hydrogens (primary N) is 1. The van der Waals surface area contributed by atoms with Gasteiger partial charge in [0.2, 0.25) is 0 Å². The van der Waals surface area contributed by atoms with E-state index in [0.717, 1.165) is 25.3 Å². The van der Waals surface area contributed by atoms with Crippen molar-refractivity contribution in [2.75, 3.05) is 32.9 Å². The number of nitrogens with zero attached hydrogens (tertiary/aromatic N) is 3. The van der Waals surface area contributed by atoms with Gasteiger partial charge in [-0.1, -0.05) is 11.6 Å². The largest absolute Gasteiger partial charge is 0.384 e. The van der Waals surface area contributed by atoms with E-state index in [1.54, 1.807) is 6.07 Å². The Morgan fingerprint density at radius 1 is 1.53 bits per heavy atom. The van der Waals surface area contributed by atoms with Gasteiger partial charge < -0.3 is 10.6 Å². The normalized spacial score (nSPS) is 21.3. The first-order valence-electron chi connectivity index (χ1n) is 5.86. The fraction of sp³-hybridized carbons (Fsp3) is 0.583. The van der Waals surface area contributed by atoms with Crippen LogP contribution in [0.3, 0.4) is 0 Å². The fourth-order valence-corrected chi connectivity index (χ4v) is 2.37.